The topological polar surface area (TPSA) is 105 Å². The molecule has 9 heteroatoms. The van der Waals surface area contributed by atoms with E-state index in [0.717, 1.165) is 23.7 Å². The maximum Gasteiger partial charge on any atom is 0.338 e. The van der Waals surface area contributed by atoms with Gasteiger partial charge in [-0.25, -0.2) is 9.69 Å². The van der Waals surface area contributed by atoms with Crippen molar-refractivity contribution in [3.8, 4) is 0 Å². The molecular formula is C28H25N3O6. The average Bonchev–Trinajstić information content (AvgIpc) is 3.19. The molecule has 0 bridgehead atoms. The maximum atomic E-state index is 12.8. The van der Waals surface area contributed by atoms with Crippen LogP contribution < -0.4 is 15.1 Å². The first kappa shape index (κ1) is 24.2. The first-order chi connectivity index (χ1) is 17.9. The number of nitrogens with zero attached hydrogens (tertiary/aromatic N) is 2. The Kier molecular flexibility index (Phi) is 6.70. The molecule has 2 aliphatic rings. The van der Waals surface area contributed by atoms with Crippen molar-refractivity contribution in [2.24, 2.45) is 0 Å². The highest BCUT2D eigenvalue weighted by molar-refractivity contribution is 6.34. The van der Waals surface area contributed by atoms with E-state index in [2.05, 4.69) is 10.2 Å². The summed E-state index contributed by atoms with van der Waals surface area (Å²) in [6, 6.07) is 20.0. The van der Waals surface area contributed by atoms with Crippen molar-refractivity contribution in [1.82, 2.24) is 0 Å². The van der Waals surface area contributed by atoms with E-state index >= 15 is 0 Å². The minimum atomic E-state index is -1.07. The van der Waals surface area contributed by atoms with E-state index in [-0.39, 0.29) is 11.3 Å². The molecule has 0 saturated carbocycles. The van der Waals surface area contributed by atoms with E-state index < -0.39 is 29.8 Å². The SMILES string of the molecule is CC(OC(=O)c1cccc(N2C(=O)c3ccccc3C2=O)c1)C(=O)Nc1ccc(N2CCOCC2)cc1. The van der Waals surface area contributed by atoms with E-state index in [1.54, 1.807) is 48.5 Å². The van der Waals surface area contributed by atoms with Gasteiger partial charge in [-0.05, 0) is 61.5 Å². The second-order valence-corrected chi connectivity index (χ2v) is 8.72. The van der Waals surface area contributed by atoms with Crippen LogP contribution >= 0.6 is 0 Å². The third kappa shape index (κ3) is 4.94. The van der Waals surface area contributed by atoms with Crippen LogP contribution in [-0.2, 0) is 14.3 Å². The van der Waals surface area contributed by atoms with Gasteiger partial charge in [-0.2, -0.15) is 0 Å². The molecule has 0 aliphatic carbocycles. The van der Waals surface area contributed by atoms with Crippen LogP contribution in [0.15, 0.2) is 72.8 Å². The van der Waals surface area contributed by atoms with Crippen molar-refractivity contribution in [3.05, 3.63) is 89.5 Å². The van der Waals surface area contributed by atoms with Crippen LogP contribution in [-0.4, -0.2) is 56.1 Å². The second-order valence-electron chi connectivity index (χ2n) is 8.72. The number of benzene rings is 3. The maximum absolute atomic E-state index is 12.8. The van der Waals surface area contributed by atoms with Gasteiger partial charge in [0.05, 0.1) is 35.6 Å². The van der Waals surface area contributed by atoms with Crippen molar-refractivity contribution in [1.29, 1.82) is 0 Å². The molecular weight excluding hydrogens is 474 g/mol. The molecule has 2 heterocycles. The number of morpholine rings is 1. The van der Waals surface area contributed by atoms with E-state index in [9.17, 15) is 19.2 Å². The lowest BCUT2D eigenvalue weighted by atomic mass is 10.1. The Morgan fingerprint density at radius 3 is 2.16 bits per heavy atom. The van der Waals surface area contributed by atoms with Gasteiger partial charge in [-0.3, -0.25) is 14.4 Å². The number of anilines is 3. The van der Waals surface area contributed by atoms with Crippen LogP contribution in [0.3, 0.4) is 0 Å². The lowest BCUT2D eigenvalue weighted by Gasteiger charge is -2.28. The van der Waals surface area contributed by atoms with Gasteiger partial charge in [-0.15, -0.1) is 0 Å². The summed E-state index contributed by atoms with van der Waals surface area (Å²) >= 11 is 0. The van der Waals surface area contributed by atoms with Crippen molar-refractivity contribution >= 4 is 40.8 Å². The molecule has 1 atom stereocenters. The van der Waals surface area contributed by atoms with Gasteiger partial charge in [-0.1, -0.05) is 18.2 Å². The van der Waals surface area contributed by atoms with E-state index in [4.69, 9.17) is 9.47 Å². The number of ether oxygens (including phenoxy) is 2. The zero-order valence-electron chi connectivity index (χ0n) is 20.2. The van der Waals surface area contributed by atoms with Gasteiger partial charge >= 0.3 is 5.97 Å². The molecule has 1 fully saturated rings. The number of amides is 3. The van der Waals surface area contributed by atoms with Crippen molar-refractivity contribution in [2.45, 2.75) is 13.0 Å². The van der Waals surface area contributed by atoms with Gasteiger partial charge in [0.2, 0.25) is 0 Å². The molecule has 3 aromatic rings. The Morgan fingerprint density at radius 2 is 1.51 bits per heavy atom. The zero-order chi connectivity index (χ0) is 25.9. The Morgan fingerprint density at radius 1 is 0.865 bits per heavy atom. The quantitative estimate of drug-likeness (QED) is 0.409. The minimum Gasteiger partial charge on any atom is -0.449 e. The first-order valence-electron chi connectivity index (χ1n) is 11.9. The lowest BCUT2D eigenvalue weighted by molar-refractivity contribution is -0.123. The van der Waals surface area contributed by atoms with Crippen LogP contribution in [0.4, 0.5) is 17.1 Å². The van der Waals surface area contributed by atoms with Gasteiger partial charge in [0.15, 0.2) is 6.10 Å². The second kappa shape index (κ2) is 10.2. The highest BCUT2D eigenvalue weighted by Gasteiger charge is 2.36. The summed E-state index contributed by atoms with van der Waals surface area (Å²) in [6.45, 7) is 4.47. The molecule has 3 amide bonds. The van der Waals surface area contributed by atoms with Crippen LogP contribution in [0.25, 0.3) is 0 Å². The fourth-order valence-electron chi connectivity index (χ4n) is 4.30. The first-order valence-corrected chi connectivity index (χ1v) is 11.9. The molecule has 188 valence electrons. The third-order valence-corrected chi connectivity index (χ3v) is 6.30. The largest absolute Gasteiger partial charge is 0.449 e. The molecule has 0 aromatic heterocycles. The zero-order valence-corrected chi connectivity index (χ0v) is 20.2. The van der Waals surface area contributed by atoms with Crippen LogP contribution in [0.2, 0.25) is 0 Å². The number of carbonyl (C=O) groups excluding carboxylic acids is 4. The van der Waals surface area contributed by atoms with E-state index in [1.165, 1.54) is 19.1 Å². The summed E-state index contributed by atoms with van der Waals surface area (Å²) in [7, 11) is 0. The van der Waals surface area contributed by atoms with Gasteiger partial charge in [0.25, 0.3) is 17.7 Å². The number of carbonyl (C=O) groups is 4. The number of hydrogen-bond acceptors (Lipinski definition) is 7. The summed E-state index contributed by atoms with van der Waals surface area (Å²) in [6.07, 6.45) is -1.07. The number of fused-ring (bicyclic) bond motifs is 1. The number of imide groups is 1. The molecule has 1 unspecified atom stereocenters. The Bertz CT molecular complexity index is 1330. The number of esters is 1. The van der Waals surface area contributed by atoms with Crippen molar-refractivity contribution in [2.75, 3.05) is 41.4 Å². The van der Waals surface area contributed by atoms with Crippen LogP contribution in [0.5, 0.6) is 0 Å². The molecule has 0 spiro atoms. The number of rotatable bonds is 6. The molecule has 1 N–H and O–H groups in total. The lowest BCUT2D eigenvalue weighted by Crippen LogP contribution is -2.36. The van der Waals surface area contributed by atoms with Crippen LogP contribution in [0, 0.1) is 0 Å². The number of hydrogen-bond donors (Lipinski definition) is 1. The predicted octanol–water partition coefficient (Wildman–Crippen LogP) is 3.51. The molecule has 1 saturated heterocycles. The molecule has 37 heavy (non-hydrogen) atoms. The summed E-state index contributed by atoms with van der Waals surface area (Å²) in [5.74, 6) is -2.15. The minimum absolute atomic E-state index is 0.114. The average molecular weight is 500 g/mol. The summed E-state index contributed by atoms with van der Waals surface area (Å²) in [5, 5.41) is 2.75. The fraction of sp³-hybridized carbons (Fsp3) is 0.214. The van der Waals surface area contributed by atoms with Gasteiger partial charge in [0.1, 0.15) is 0 Å². The Labute approximate surface area is 213 Å². The fourth-order valence-corrected chi connectivity index (χ4v) is 4.30. The predicted molar refractivity (Wildman–Crippen MR) is 137 cm³/mol. The molecule has 0 radical (unpaired) electrons. The number of nitrogens with one attached hydrogen (secondary N) is 1. The van der Waals surface area contributed by atoms with Crippen LogP contribution in [0.1, 0.15) is 38.0 Å². The summed E-state index contributed by atoms with van der Waals surface area (Å²) < 4.78 is 10.7. The van der Waals surface area contributed by atoms with Gasteiger partial charge < -0.3 is 19.7 Å². The van der Waals surface area contributed by atoms with Crippen molar-refractivity contribution < 1.29 is 28.7 Å². The Balaban J connectivity index is 1.22. The standard InChI is InChI=1S/C28H25N3O6/c1-18(25(32)29-20-9-11-21(12-10-20)30-13-15-36-16-14-30)37-28(35)19-5-4-6-22(17-19)31-26(33)23-7-2-3-8-24(23)27(31)34/h2-12,17-18H,13-16H2,1H3,(H,29,32). The monoisotopic (exact) mass is 499 g/mol. The molecule has 2 aliphatic heterocycles. The normalized spacial score (nSPS) is 15.8. The summed E-state index contributed by atoms with van der Waals surface area (Å²) in [5.41, 5.74) is 2.60. The van der Waals surface area contributed by atoms with E-state index in [0.29, 0.717) is 30.0 Å². The molecule has 9 nitrogen and oxygen atoms in total. The smallest absolute Gasteiger partial charge is 0.338 e. The molecule has 3 aromatic carbocycles. The highest BCUT2D eigenvalue weighted by Crippen LogP contribution is 2.29. The molecule has 5 rings (SSSR count). The van der Waals surface area contributed by atoms with Gasteiger partial charge in [0, 0.05) is 24.5 Å². The van der Waals surface area contributed by atoms with Crippen molar-refractivity contribution in [3.63, 3.8) is 0 Å². The van der Waals surface area contributed by atoms with E-state index in [1.807, 2.05) is 12.1 Å². The third-order valence-electron chi connectivity index (χ3n) is 6.30. The summed E-state index contributed by atoms with van der Waals surface area (Å²) in [4.78, 5) is 54.2. The highest BCUT2D eigenvalue weighted by atomic mass is 16.5. The Hall–Kier alpha value is -4.50.